The highest BCUT2D eigenvalue weighted by Crippen LogP contribution is 2.27. The average molecular weight is 397 g/mol. The molecule has 0 unspecified atom stereocenters. The lowest BCUT2D eigenvalue weighted by Crippen LogP contribution is -2.41. The minimum Gasteiger partial charge on any atom is -0.445 e. The Balaban J connectivity index is 1.66. The maximum atomic E-state index is 12.5. The van der Waals surface area contributed by atoms with Crippen LogP contribution < -0.4 is 5.32 Å². The number of carbonyl (C=O) groups is 2. The topological polar surface area (TPSA) is 80.8 Å². The van der Waals surface area contributed by atoms with Crippen LogP contribution in [-0.2, 0) is 16.1 Å². The van der Waals surface area contributed by atoms with Crippen molar-refractivity contribution >= 4 is 12.2 Å². The highest BCUT2D eigenvalue weighted by Gasteiger charge is 2.39. The molecule has 0 bridgehead atoms. The van der Waals surface area contributed by atoms with Crippen LogP contribution in [0.5, 0.6) is 0 Å². The van der Waals surface area contributed by atoms with E-state index in [0.717, 1.165) is 11.3 Å². The number of rotatable bonds is 4. The van der Waals surface area contributed by atoms with Crippen LogP contribution in [0.25, 0.3) is 0 Å². The maximum Gasteiger partial charge on any atom is 0.410 e. The summed E-state index contributed by atoms with van der Waals surface area (Å²) in [6.45, 7) is 6.41. The summed E-state index contributed by atoms with van der Waals surface area (Å²) >= 11 is 0. The monoisotopic (exact) mass is 397 g/mol. The molecular formula is C22H27N3O4. The van der Waals surface area contributed by atoms with Gasteiger partial charge in [0.1, 0.15) is 12.2 Å². The highest BCUT2D eigenvalue weighted by atomic mass is 16.6. The van der Waals surface area contributed by atoms with Crippen molar-refractivity contribution in [3.63, 3.8) is 0 Å². The lowest BCUT2D eigenvalue weighted by Gasteiger charge is -2.24. The fraction of sp³-hybridized carbons (Fsp3) is 0.409. The first kappa shape index (κ1) is 20.6. The third-order valence-corrected chi connectivity index (χ3v) is 4.56. The van der Waals surface area contributed by atoms with E-state index in [1.807, 2.05) is 69.3 Å². The van der Waals surface area contributed by atoms with Gasteiger partial charge in [0.15, 0.2) is 0 Å². The van der Waals surface area contributed by atoms with Crippen molar-refractivity contribution in [2.24, 2.45) is 0 Å². The number of nitrogens with zero attached hydrogens (tertiary/aromatic N) is 2. The molecule has 154 valence electrons. The standard InChI is InChI=1S/C22H27N3O4/c1-22(2,3)29-21(27)25-13-17(18-11-7-8-12-23-18)19(14-25)24-20(26)28-15-16-9-5-4-6-10-16/h4-12,17,19H,13-15H2,1-3H3,(H,24,26)/t17-,19+/m1/s1. The van der Waals surface area contributed by atoms with Crippen LogP contribution >= 0.6 is 0 Å². The number of alkyl carbamates (subject to hydrolysis) is 1. The third kappa shape index (κ3) is 5.94. The fourth-order valence-corrected chi connectivity index (χ4v) is 3.24. The van der Waals surface area contributed by atoms with Crippen molar-refractivity contribution in [3.8, 4) is 0 Å². The Morgan fingerprint density at radius 1 is 1.10 bits per heavy atom. The molecule has 0 spiro atoms. The SMILES string of the molecule is CC(C)(C)OC(=O)N1C[C@H](NC(=O)OCc2ccccc2)[C@@H](c2ccccn2)C1. The van der Waals surface area contributed by atoms with Gasteiger partial charge < -0.3 is 19.7 Å². The number of likely N-dealkylation sites (tertiary alicyclic amines) is 1. The Morgan fingerprint density at radius 2 is 1.83 bits per heavy atom. The van der Waals surface area contributed by atoms with E-state index in [9.17, 15) is 9.59 Å². The van der Waals surface area contributed by atoms with Gasteiger partial charge in [-0.1, -0.05) is 36.4 Å². The van der Waals surface area contributed by atoms with Crippen molar-refractivity contribution in [3.05, 3.63) is 66.0 Å². The summed E-state index contributed by atoms with van der Waals surface area (Å²) in [5, 5.41) is 2.89. The van der Waals surface area contributed by atoms with Crippen LogP contribution in [0.2, 0.25) is 0 Å². The number of pyridine rings is 1. The van der Waals surface area contributed by atoms with Gasteiger partial charge in [-0.15, -0.1) is 0 Å². The first-order valence-corrected chi connectivity index (χ1v) is 9.68. The number of amides is 2. The molecular weight excluding hydrogens is 370 g/mol. The first-order valence-electron chi connectivity index (χ1n) is 9.68. The van der Waals surface area contributed by atoms with E-state index in [2.05, 4.69) is 10.3 Å². The van der Waals surface area contributed by atoms with Gasteiger partial charge >= 0.3 is 12.2 Å². The molecule has 2 amide bonds. The second-order valence-corrected chi connectivity index (χ2v) is 8.06. The van der Waals surface area contributed by atoms with Crippen LogP contribution in [0.15, 0.2) is 54.7 Å². The van der Waals surface area contributed by atoms with E-state index in [0.29, 0.717) is 13.1 Å². The summed E-state index contributed by atoms with van der Waals surface area (Å²) in [6, 6.07) is 14.8. The van der Waals surface area contributed by atoms with Gasteiger partial charge in [-0.25, -0.2) is 9.59 Å². The number of aromatic nitrogens is 1. The molecule has 2 atom stereocenters. The van der Waals surface area contributed by atoms with E-state index in [1.165, 1.54) is 0 Å². The zero-order valence-electron chi connectivity index (χ0n) is 17.0. The molecule has 1 aliphatic rings. The van der Waals surface area contributed by atoms with Crippen molar-refractivity contribution < 1.29 is 19.1 Å². The Hall–Kier alpha value is -3.09. The predicted molar refractivity (Wildman–Crippen MR) is 108 cm³/mol. The van der Waals surface area contributed by atoms with E-state index < -0.39 is 17.8 Å². The van der Waals surface area contributed by atoms with E-state index >= 15 is 0 Å². The number of hydrogen-bond donors (Lipinski definition) is 1. The van der Waals surface area contributed by atoms with Gasteiger partial charge in [-0.05, 0) is 38.5 Å². The lowest BCUT2D eigenvalue weighted by molar-refractivity contribution is 0.0288. The fourth-order valence-electron chi connectivity index (χ4n) is 3.24. The van der Waals surface area contributed by atoms with Crippen LogP contribution in [-0.4, -0.2) is 46.8 Å². The van der Waals surface area contributed by atoms with Gasteiger partial charge in [0.2, 0.25) is 0 Å². The number of carbonyl (C=O) groups excluding carboxylic acids is 2. The lowest BCUT2D eigenvalue weighted by atomic mass is 9.99. The highest BCUT2D eigenvalue weighted by molar-refractivity contribution is 5.70. The molecule has 1 aliphatic heterocycles. The van der Waals surface area contributed by atoms with Gasteiger partial charge in [0.25, 0.3) is 0 Å². The normalized spacial score (nSPS) is 18.9. The van der Waals surface area contributed by atoms with Gasteiger partial charge in [-0.2, -0.15) is 0 Å². The smallest absolute Gasteiger partial charge is 0.410 e. The molecule has 1 N–H and O–H groups in total. The van der Waals surface area contributed by atoms with Crippen LogP contribution in [0.3, 0.4) is 0 Å². The average Bonchev–Trinajstić information content (AvgIpc) is 3.10. The first-order chi connectivity index (χ1) is 13.8. The van der Waals surface area contributed by atoms with Crippen molar-refractivity contribution in [2.45, 2.75) is 44.9 Å². The van der Waals surface area contributed by atoms with E-state index in [1.54, 1.807) is 11.1 Å². The molecule has 0 radical (unpaired) electrons. The molecule has 0 saturated carbocycles. The molecule has 1 saturated heterocycles. The Labute approximate surface area is 171 Å². The van der Waals surface area contributed by atoms with Crippen molar-refractivity contribution in [2.75, 3.05) is 13.1 Å². The second-order valence-electron chi connectivity index (χ2n) is 8.06. The Morgan fingerprint density at radius 3 is 2.48 bits per heavy atom. The van der Waals surface area contributed by atoms with Crippen molar-refractivity contribution in [1.29, 1.82) is 0 Å². The van der Waals surface area contributed by atoms with Crippen LogP contribution in [0.4, 0.5) is 9.59 Å². The second kappa shape index (κ2) is 8.94. The van der Waals surface area contributed by atoms with Crippen LogP contribution in [0, 0.1) is 0 Å². The molecule has 3 rings (SSSR count). The third-order valence-electron chi connectivity index (χ3n) is 4.56. The maximum absolute atomic E-state index is 12.5. The molecule has 1 aromatic carbocycles. The Kier molecular flexibility index (Phi) is 6.36. The molecule has 7 heteroatoms. The number of benzene rings is 1. The molecule has 29 heavy (non-hydrogen) atoms. The molecule has 0 aliphatic carbocycles. The van der Waals surface area contributed by atoms with Crippen molar-refractivity contribution in [1.82, 2.24) is 15.2 Å². The molecule has 7 nitrogen and oxygen atoms in total. The summed E-state index contributed by atoms with van der Waals surface area (Å²) in [7, 11) is 0. The minimum atomic E-state index is -0.586. The summed E-state index contributed by atoms with van der Waals surface area (Å²) in [5.74, 6) is -0.145. The Bertz CT molecular complexity index is 821. The summed E-state index contributed by atoms with van der Waals surface area (Å²) in [5.41, 5.74) is 1.13. The molecule has 1 aromatic heterocycles. The number of hydrogen-bond acceptors (Lipinski definition) is 5. The number of ether oxygens (including phenoxy) is 2. The summed E-state index contributed by atoms with van der Waals surface area (Å²) in [6.07, 6.45) is 0.780. The predicted octanol–water partition coefficient (Wildman–Crippen LogP) is 3.71. The van der Waals surface area contributed by atoms with Crippen LogP contribution in [0.1, 0.15) is 37.9 Å². The zero-order valence-corrected chi connectivity index (χ0v) is 17.0. The number of nitrogens with one attached hydrogen (secondary N) is 1. The molecule has 2 heterocycles. The van der Waals surface area contributed by atoms with Gasteiger partial charge in [0.05, 0.1) is 6.04 Å². The summed E-state index contributed by atoms with van der Waals surface area (Å²) < 4.78 is 10.8. The largest absolute Gasteiger partial charge is 0.445 e. The van der Waals surface area contributed by atoms with Gasteiger partial charge in [0, 0.05) is 30.9 Å². The molecule has 2 aromatic rings. The van der Waals surface area contributed by atoms with Gasteiger partial charge in [-0.3, -0.25) is 4.98 Å². The van der Waals surface area contributed by atoms with E-state index in [-0.39, 0.29) is 18.6 Å². The minimum absolute atomic E-state index is 0.145. The summed E-state index contributed by atoms with van der Waals surface area (Å²) in [4.78, 5) is 30.9. The van der Waals surface area contributed by atoms with E-state index in [4.69, 9.17) is 9.47 Å². The molecule has 1 fully saturated rings. The quantitative estimate of drug-likeness (QED) is 0.851. The zero-order chi connectivity index (χ0) is 20.9.